The third kappa shape index (κ3) is 8.05. The molecule has 0 bridgehead atoms. The van der Waals surface area contributed by atoms with Crippen molar-refractivity contribution in [3.63, 3.8) is 0 Å². The zero-order chi connectivity index (χ0) is 18.9. The van der Waals surface area contributed by atoms with Crippen molar-refractivity contribution in [1.82, 2.24) is 10.6 Å². The number of hydrogen-bond acceptors (Lipinski definition) is 7. The molecule has 0 aromatic carbocycles. The lowest BCUT2D eigenvalue weighted by atomic mass is 10.1. The number of rotatable bonds is 11. The van der Waals surface area contributed by atoms with Gasteiger partial charge < -0.3 is 37.4 Å². The Morgan fingerprint density at radius 2 is 1.50 bits per heavy atom. The summed E-state index contributed by atoms with van der Waals surface area (Å²) in [7, 11) is 0. The second-order valence-corrected chi connectivity index (χ2v) is 4.85. The SMILES string of the molecule is NC(=O)CCC(NC(=O)C(CC(=O)O)NC(=O)C(N)CO)C(=O)O. The van der Waals surface area contributed by atoms with E-state index in [-0.39, 0.29) is 12.8 Å². The molecule has 0 saturated heterocycles. The number of primary amides is 1. The zero-order valence-corrected chi connectivity index (χ0v) is 12.6. The highest BCUT2D eigenvalue weighted by molar-refractivity contribution is 5.94. The molecule has 24 heavy (non-hydrogen) atoms. The molecule has 3 unspecified atom stereocenters. The molecule has 12 nitrogen and oxygen atoms in total. The average molecular weight is 348 g/mol. The molecule has 12 heteroatoms. The van der Waals surface area contributed by atoms with Crippen molar-refractivity contribution >= 4 is 29.7 Å². The number of aliphatic carboxylic acids is 2. The Labute approximate surface area is 136 Å². The predicted molar refractivity (Wildman–Crippen MR) is 77.2 cm³/mol. The second-order valence-electron chi connectivity index (χ2n) is 4.85. The molecule has 136 valence electrons. The standard InChI is InChI=1S/C12H20N4O8/c13-5(4-17)10(21)16-7(3-9(19)20)11(22)15-6(12(23)24)1-2-8(14)18/h5-7,17H,1-4,13H2,(H2,14,18)(H,15,22)(H,16,21)(H,19,20)(H,23,24). The molecular weight excluding hydrogens is 328 g/mol. The van der Waals surface area contributed by atoms with Crippen molar-refractivity contribution in [2.75, 3.05) is 6.61 Å². The molecule has 3 atom stereocenters. The van der Waals surface area contributed by atoms with Crippen LogP contribution in [0.25, 0.3) is 0 Å². The maximum atomic E-state index is 12.0. The first kappa shape index (κ1) is 21.3. The molecule has 0 aromatic heterocycles. The van der Waals surface area contributed by atoms with Crippen LogP contribution in [0.4, 0.5) is 0 Å². The summed E-state index contributed by atoms with van der Waals surface area (Å²) in [6.07, 6.45) is -1.46. The van der Waals surface area contributed by atoms with Crippen LogP contribution in [0, 0.1) is 0 Å². The summed E-state index contributed by atoms with van der Waals surface area (Å²) in [4.78, 5) is 56.1. The highest BCUT2D eigenvalue weighted by Crippen LogP contribution is 2.01. The molecule has 0 aromatic rings. The molecule has 0 fully saturated rings. The number of amides is 3. The highest BCUT2D eigenvalue weighted by Gasteiger charge is 2.29. The van der Waals surface area contributed by atoms with Gasteiger partial charge >= 0.3 is 11.9 Å². The van der Waals surface area contributed by atoms with Crippen LogP contribution in [0.2, 0.25) is 0 Å². The maximum Gasteiger partial charge on any atom is 0.326 e. The summed E-state index contributed by atoms with van der Waals surface area (Å²) in [5.41, 5.74) is 10.1. The molecule has 0 rings (SSSR count). The Morgan fingerprint density at radius 1 is 0.958 bits per heavy atom. The van der Waals surface area contributed by atoms with Crippen LogP contribution in [0.3, 0.4) is 0 Å². The Hall–Kier alpha value is -2.73. The lowest BCUT2D eigenvalue weighted by molar-refractivity contribution is -0.143. The molecule has 0 aliphatic heterocycles. The van der Waals surface area contributed by atoms with Gasteiger partial charge in [-0.3, -0.25) is 19.2 Å². The molecule has 0 radical (unpaired) electrons. The molecule has 0 aliphatic carbocycles. The Kier molecular flexibility index (Phi) is 8.97. The smallest absolute Gasteiger partial charge is 0.326 e. The Balaban J connectivity index is 5.00. The average Bonchev–Trinajstić information content (AvgIpc) is 2.48. The van der Waals surface area contributed by atoms with Gasteiger partial charge in [0.05, 0.1) is 13.0 Å². The van der Waals surface area contributed by atoms with Crippen LogP contribution in [0.1, 0.15) is 19.3 Å². The van der Waals surface area contributed by atoms with E-state index < -0.39 is 60.8 Å². The summed E-state index contributed by atoms with van der Waals surface area (Å²) in [5.74, 6) is -5.75. The molecule has 9 N–H and O–H groups in total. The third-order valence-electron chi connectivity index (χ3n) is 2.84. The van der Waals surface area contributed by atoms with Gasteiger partial charge in [0, 0.05) is 6.42 Å². The van der Waals surface area contributed by atoms with Gasteiger partial charge in [0.25, 0.3) is 0 Å². The van der Waals surface area contributed by atoms with Gasteiger partial charge in [0.1, 0.15) is 18.1 Å². The van der Waals surface area contributed by atoms with E-state index >= 15 is 0 Å². The van der Waals surface area contributed by atoms with Gasteiger partial charge in [-0.15, -0.1) is 0 Å². The minimum atomic E-state index is -1.61. The second kappa shape index (κ2) is 10.1. The lowest BCUT2D eigenvalue weighted by Gasteiger charge is -2.21. The molecule has 0 spiro atoms. The van der Waals surface area contributed by atoms with Gasteiger partial charge in [-0.25, -0.2) is 4.79 Å². The van der Waals surface area contributed by atoms with Crippen LogP contribution in [0.5, 0.6) is 0 Å². The number of aliphatic hydroxyl groups excluding tert-OH is 1. The highest BCUT2D eigenvalue weighted by atomic mass is 16.4. The van der Waals surface area contributed by atoms with E-state index in [1.165, 1.54) is 0 Å². The van der Waals surface area contributed by atoms with E-state index in [1.807, 2.05) is 10.6 Å². The molecule has 3 amide bonds. The number of carbonyl (C=O) groups is 5. The van der Waals surface area contributed by atoms with Crippen molar-refractivity contribution in [3.8, 4) is 0 Å². The van der Waals surface area contributed by atoms with Crippen LogP contribution in [0.15, 0.2) is 0 Å². The predicted octanol–water partition coefficient (Wildman–Crippen LogP) is -3.90. The molecular formula is C12H20N4O8. The van der Waals surface area contributed by atoms with Crippen LogP contribution in [-0.4, -0.2) is 69.7 Å². The van der Waals surface area contributed by atoms with Gasteiger partial charge in [-0.2, -0.15) is 0 Å². The fraction of sp³-hybridized carbons (Fsp3) is 0.583. The van der Waals surface area contributed by atoms with E-state index in [0.717, 1.165) is 0 Å². The largest absolute Gasteiger partial charge is 0.481 e. The monoisotopic (exact) mass is 348 g/mol. The Morgan fingerprint density at radius 3 is 1.92 bits per heavy atom. The minimum absolute atomic E-state index is 0.305. The van der Waals surface area contributed by atoms with Gasteiger partial charge in [0.15, 0.2) is 0 Å². The van der Waals surface area contributed by atoms with Crippen LogP contribution in [-0.2, 0) is 24.0 Å². The summed E-state index contributed by atoms with van der Waals surface area (Å²) in [6, 6.07) is -4.48. The molecule has 0 aliphatic rings. The number of nitrogens with two attached hydrogens (primary N) is 2. The quantitative estimate of drug-likeness (QED) is 0.193. The van der Waals surface area contributed by atoms with Crippen molar-refractivity contribution in [2.24, 2.45) is 11.5 Å². The minimum Gasteiger partial charge on any atom is -0.481 e. The molecule has 0 saturated carbocycles. The fourth-order valence-corrected chi connectivity index (χ4v) is 1.56. The van der Waals surface area contributed by atoms with E-state index in [2.05, 4.69) is 0 Å². The van der Waals surface area contributed by atoms with E-state index in [9.17, 15) is 24.0 Å². The van der Waals surface area contributed by atoms with Crippen LogP contribution < -0.4 is 22.1 Å². The maximum absolute atomic E-state index is 12.0. The topological polar surface area (TPSA) is 222 Å². The van der Waals surface area contributed by atoms with E-state index in [0.29, 0.717) is 0 Å². The lowest BCUT2D eigenvalue weighted by Crippen LogP contribution is -2.55. The van der Waals surface area contributed by atoms with Gasteiger partial charge in [-0.05, 0) is 6.42 Å². The number of carboxylic acids is 2. The third-order valence-corrected chi connectivity index (χ3v) is 2.84. The number of nitrogens with one attached hydrogen (secondary N) is 2. The molecule has 0 heterocycles. The number of carbonyl (C=O) groups excluding carboxylic acids is 3. The number of hydrogen-bond donors (Lipinski definition) is 7. The van der Waals surface area contributed by atoms with Gasteiger partial charge in [-0.1, -0.05) is 0 Å². The summed E-state index contributed by atoms with van der Waals surface area (Å²) >= 11 is 0. The first-order valence-corrected chi connectivity index (χ1v) is 6.78. The van der Waals surface area contributed by atoms with E-state index in [4.69, 9.17) is 26.8 Å². The van der Waals surface area contributed by atoms with Crippen molar-refractivity contribution in [2.45, 2.75) is 37.4 Å². The van der Waals surface area contributed by atoms with Crippen molar-refractivity contribution in [3.05, 3.63) is 0 Å². The number of aliphatic hydroxyl groups is 1. The normalized spacial score (nSPS) is 14.1. The fourth-order valence-electron chi connectivity index (χ4n) is 1.56. The van der Waals surface area contributed by atoms with Crippen molar-refractivity contribution in [1.29, 1.82) is 0 Å². The first-order chi connectivity index (χ1) is 11.1. The first-order valence-electron chi connectivity index (χ1n) is 6.78. The van der Waals surface area contributed by atoms with E-state index in [1.54, 1.807) is 0 Å². The van der Waals surface area contributed by atoms with Gasteiger partial charge in [0.2, 0.25) is 17.7 Å². The summed E-state index contributed by atoms with van der Waals surface area (Å²) in [5, 5.41) is 30.5. The van der Waals surface area contributed by atoms with Crippen LogP contribution >= 0.6 is 0 Å². The zero-order valence-electron chi connectivity index (χ0n) is 12.6. The number of carboxylic acid groups (broad SMARTS) is 2. The van der Waals surface area contributed by atoms with Crippen molar-refractivity contribution < 1.29 is 39.3 Å². The Bertz CT molecular complexity index is 509. The summed E-state index contributed by atoms with van der Waals surface area (Å²) in [6.45, 7) is -0.733. The summed E-state index contributed by atoms with van der Waals surface area (Å²) < 4.78 is 0.